The molecule has 2 aromatic carbocycles. The molecule has 5 heteroatoms. The van der Waals surface area contributed by atoms with Crippen LogP contribution in [-0.2, 0) is 17.6 Å². The third kappa shape index (κ3) is 3.93. The highest BCUT2D eigenvalue weighted by Crippen LogP contribution is 2.22. The van der Waals surface area contributed by atoms with Gasteiger partial charge in [0.2, 0.25) is 5.91 Å². The number of aryl methyl sites for hydroxylation is 1. The maximum Gasteiger partial charge on any atom is 0.224 e. The largest absolute Gasteiger partial charge is 0.326 e. The molecule has 0 atom stereocenters. The summed E-state index contributed by atoms with van der Waals surface area (Å²) in [6.45, 7) is 0. The van der Waals surface area contributed by atoms with E-state index in [9.17, 15) is 4.79 Å². The minimum Gasteiger partial charge on any atom is -0.326 e. The van der Waals surface area contributed by atoms with Crippen molar-refractivity contribution in [3.05, 3.63) is 59.1 Å². The highest BCUT2D eigenvalue weighted by atomic mass is 32.1. The van der Waals surface area contributed by atoms with E-state index in [0.717, 1.165) is 26.5 Å². The van der Waals surface area contributed by atoms with Crippen LogP contribution in [0.2, 0.25) is 0 Å². The minimum absolute atomic E-state index is 0.0303. The molecule has 0 aliphatic heterocycles. The average molecular weight is 321 g/mol. The second-order valence-corrected chi connectivity index (χ2v) is 6.27. The number of fused-ring (bicyclic) bond motifs is 1. The van der Waals surface area contributed by atoms with Crippen molar-refractivity contribution in [2.45, 2.75) is 19.3 Å². The predicted octanol–water partition coefficient (Wildman–Crippen LogP) is 3.93. The number of thiazole rings is 1. The zero-order chi connectivity index (χ0) is 16.1. The number of hydrogen-bond donors (Lipinski definition) is 1. The minimum atomic E-state index is -0.0303. The van der Waals surface area contributed by atoms with Crippen molar-refractivity contribution in [1.82, 2.24) is 4.98 Å². The van der Waals surface area contributed by atoms with Crippen LogP contribution in [0, 0.1) is 11.3 Å². The van der Waals surface area contributed by atoms with Crippen LogP contribution in [-0.4, -0.2) is 10.9 Å². The normalized spacial score (nSPS) is 10.4. The molecule has 114 valence electrons. The van der Waals surface area contributed by atoms with Crippen LogP contribution in [0.15, 0.2) is 48.5 Å². The van der Waals surface area contributed by atoms with Gasteiger partial charge in [-0.1, -0.05) is 24.3 Å². The number of hydrogen-bond acceptors (Lipinski definition) is 4. The van der Waals surface area contributed by atoms with Crippen molar-refractivity contribution < 1.29 is 4.79 Å². The zero-order valence-electron chi connectivity index (χ0n) is 12.5. The second-order valence-electron chi connectivity index (χ2n) is 5.16. The second kappa shape index (κ2) is 7.03. The van der Waals surface area contributed by atoms with Crippen LogP contribution in [0.1, 0.15) is 17.0 Å². The number of anilines is 1. The van der Waals surface area contributed by atoms with Gasteiger partial charge in [-0.25, -0.2) is 4.98 Å². The Bertz CT molecular complexity index is 829. The number of benzene rings is 2. The standard InChI is InChI=1S/C18H15N3OS/c19-12-11-13-5-7-14(8-6-13)20-17(22)9-10-18-21-15-3-1-2-4-16(15)23-18/h1-8H,9-11H2,(H,20,22). The number of carbonyl (C=O) groups excluding carboxylic acids is 1. The summed E-state index contributed by atoms with van der Waals surface area (Å²) in [6.07, 6.45) is 1.42. The lowest BCUT2D eigenvalue weighted by Crippen LogP contribution is -2.12. The number of nitrogens with zero attached hydrogens (tertiary/aromatic N) is 2. The van der Waals surface area contributed by atoms with Crippen LogP contribution in [0.25, 0.3) is 10.2 Å². The molecular formula is C18H15N3OS. The van der Waals surface area contributed by atoms with Crippen LogP contribution >= 0.6 is 11.3 Å². The fourth-order valence-electron chi connectivity index (χ4n) is 2.27. The van der Waals surface area contributed by atoms with Gasteiger partial charge in [0.05, 0.1) is 27.7 Å². The Balaban J connectivity index is 1.55. The lowest BCUT2D eigenvalue weighted by molar-refractivity contribution is -0.116. The van der Waals surface area contributed by atoms with Crippen molar-refractivity contribution in [1.29, 1.82) is 5.26 Å². The fourth-order valence-corrected chi connectivity index (χ4v) is 3.23. The molecule has 0 unspecified atom stereocenters. The molecule has 0 aliphatic carbocycles. The van der Waals surface area contributed by atoms with E-state index in [1.165, 1.54) is 0 Å². The van der Waals surface area contributed by atoms with Gasteiger partial charge in [0, 0.05) is 18.5 Å². The van der Waals surface area contributed by atoms with E-state index in [0.29, 0.717) is 19.3 Å². The number of amides is 1. The first-order valence-electron chi connectivity index (χ1n) is 7.35. The Morgan fingerprint density at radius 3 is 2.70 bits per heavy atom. The summed E-state index contributed by atoms with van der Waals surface area (Å²) < 4.78 is 1.15. The average Bonchev–Trinajstić information content (AvgIpc) is 2.98. The first-order valence-corrected chi connectivity index (χ1v) is 8.16. The van der Waals surface area contributed by atoms with Crippen molar-refractivity contribution in [2.75, 3.05) is 5.32 Å². The Hall–Kier alpha value is -2.71. The van der Waals surface area contributed by atoms with Crippen LogP contribution in [0.5, 0.6) is 0 Å². The third-order valence-electron chi connectivity index (χ3n) is 3.42. The van der Waals surface area contributed by atoms with Crippen LogP contribution < -0.4 is 5.32 Å². The molecule has 0 fully saturated rings. The molecule has 0 aliphatic rings. The number of para-hydroxylation sites is 1. The van der Waals surface area contributed by atoms with Crippen molar-refractivity contribution in [3.63, 3.8) is 0 Å². The van der Waals surface area contributed by atoms with E-state index >= 15 is 0 Å². The van der Waals surface area contributed by atoms with Crippen LogP contribution in [0.3, 0.4) is 0 Å². The highest BCUT2D eigenvalue weighted by molar-refractivity contribution is 7.18. The summed E-state index contributed by atoms with van der Waals surface area (Å²) >= 11 is 1.63. The maximum absolute atomic E-state index is 12.0. The predicted molar refractivity (Wildman–Crippen MR) is 92.3 cm³/mol. The summed E-state index contributed by atoms with van der Waals surface area (Å²) in [6, 6.07) is 17.4. The molecule has 0 bridgehead atoms. The highest BCUT2D eigenvalue weighted by Gasteiger charge is 2.07. The molecule has 1 N–H and O–H groups in total. The van der Waals surface area contributed by atoms with E-state index in [2.05, 4.69) is 16.4 Å². The van der Waals surface area contributed by atoms with E-state index in [4.69, 9.17) is 5.26 Å². The van der Waals surface area contributed by atoms with Gasteiger partial charge in [-0.3, -0.25) is 4.79 Å². The molecule has 3 rings (SSSR count). The van der Waals surface area contributed by atoms with Crippen molar-refractivity contribution in [3.8, 4) is 6.07 Å². The molecule has 1 aromatic heterocycles. The monoisotopic (exact) mass is 321 g/mol. The maximum atomic E-state index is 12.0. The zero-order valence-corrected chi connectivity index (χ0v) is 13.3. The van der Waals surface area contributed by atoms with Crippen molar-refractivity contribution >= 4 is 33.1 Å². The van der Waals surface area contributed by atoms with Gasteiger partial charge >= 0.3 is 0 Å². The summed E-state index contributed by atoms with van der Waals surface area (Å²) in [5, 5.41) is 12.5. The molecule has 4 nitrogen and oxygen atoms in total. The van der Waals surface area contributed by atoms with E-state index in [1.54, 1.807) is 11.3 Å². The first-order chi connectivity index (χ1) is 11.2. The van der Waals surface area contributed by atoms with Gasteiger partial charge in [0.1, 0.15) is 0 Å². The molecule has 1 amide bonds. The number of nitriles is 1. The molecule has 0 saturated heterocycles. The Labute approximate surface area is 138 Å². The number of rotatable bonds is 5. The SMILES string of the molecule is N#CCc1ccc(NC(=O)CCc2nc3ccccc3s2)cc1. The quantitative estimate of drug-likeness (QED) is 0.774. The summed E-state index contributed by atoms with van der Waals surface area (Å²) in [5.41, 5.74) is 2.68. The van der Waals surface area contributed by atoms with E-state index in [1.807, 2.05) is 48.5 Å². The fraction of sp³-hybridized carbons (Fsp3) is 0.167. The lowest BCUT2D eigenvalue weighted by atomic mass is 10.1. The lowest BCUT2D eigenvalue weighted by Gasteiger charge is -2.05. The van der Waals surface area contributed by atoms with Crippen molar-refractivity contribution in [2.24, 2.45) is 0 Å². The Morgan fingerprint density at radius 2 is 1.96 bits per heavy atom. The number of carbonyl (C=O) groups is 1. The molecule has 0 radical (unpaired) electrons. The van der Waals surface area contributed by atoms with E-state index < -0.39 is 0 Å². The van der Waals surface area contributed by atoms with Gasteiger partial charge in [0.15, 0.2) is 0 Å². The molecule has 23 heavy (non-hydrogen) atoms. The van der Waals surface area contributed by atoms with Gasteiger partial charge in [-0.15, -0.1) is 11.3 Å². The number of nitrogens with one attached hydrogen (secondary N) is 1. The summed E-state index contributed by atoms with van der Waals surface area (Å²) in [5.74, 6) is -0.0303. The smallest absolute Gasteiger partial charge is 0.224 e. The molecule has 0 saturated carbocycles. The topological polar surface area (TPSA) is 65.8 Å². The molecule has 1 heterocycles. The summed E-state index contributed by atoms with van der Waals surface area (Å²) in [4.78, 5) is 16.6. The third-order valence-corrected chi connectivity index (χ3v) is 4.52. The summed E-state index contributed by atoms with van der Waals surface area (Å²) in [7, 11) is 0. The Kier molecular flexibility index (Phi) is 4.65. The van der Waals surface area contributed by atoms with Crippen LogP contribution in [0.4, 0.5) is 5.69 Å². The number of aromatic nitrogens is 1. The Morgan fingerprint density at radius 1 is 1.17 bits per heavy atom. The molecule has 0 spiro atoms. The molecular weight excluding hydrogens is 306 g/mol. The van der Waals surface area contributed by atoms with Gasteiger partial charge in [-0.05, 0) is 29.8 Å². The van der Waals surface area contributed by atoms with E-state index in [-0.39, 0.29) is 5.91 Å². The van der Waals surface area contributed by atoms with Gasteiger partial charge in [-0.2, -0.15) is 5.26 Å². The van der Waals surface area contributed by atoms with Gasteiger partial charge < -0.3 is 5.32 Å². The van der Waals surface area contributed by atoms with Gasteiger partial charge in [0.25, 0.3) is 0 Å². The molecule has 3 aromatic rings. The first kappa shape index (κ1) is 15.2.